The van der Waals surface area contributed by atoms with Crippen molar-refractivity contribution < 1.29 is 4.42 Å². The average Bonchev–Trinajstić information content (AvgIpc) is 2.92. The van der Waals surface area contributed by atoms with Crippen LogP contribution in [0.5, 0.6) is 0 Å². The van der Waals surface area contributed by atoms with Crippen LogP contribution in [0.25, 0.3) is 0 Å². The van der Waals surface area contributed by atoms with Crippen LogP contribution < -0.4 is 4.90 Å². The Balaban J connectivity index is 1.64. The van der Waals surface area contributed by atoms with Crippen LogP contribution in [0.1, 0.15) is 30.1 Å². The molecule has 0 saturated carbocycles. The molecule has 1 unspecified atom stereocenters. The molecule has 1 aliphatic heterocycles. The number of nitrogens with zero attached hydrogens (tertiary/aromatic N) is 4. The predicted molar refractivity (Wildman–Crippen MR) is 86.9 cm³/mol. The Hall–Kier alpha value is -1.88. The molecule has 0 radical (unpaired) electrons. The second-order valence-corrected chi connectivity index (χ2v) is 6.15. The monoisotopic (exact) mass is 300 g/mol. The van der Waals surface area contributed by atoms with Crippen LogP contribution in [0.2, 0.25) is 0 Å². The van der Waals surface area contributed by atoms with Crippen LogP contribution >= 0.6 is 0 Å². The van der Waals surface area contributed by atoms with Crippen molar-refractivity contribution in [2.45, 2.75) is 39.3 Å². The number of aryl methyl sites for hydroxylation is 2. The van der Waals surface area contributed by atoms with Crippen molar-refractivity contribution in [2.75, 3.05) is 25.0 Å². The lowest BCUT2D eigenvalue weighted by Crippen LogP contribution is -2.46. The van der Waals surface area contributed by atoms with Crippen LogP contribution in [-0.4, -0.2) is 41.0 Å². The molecular formula is C17H24N4O. The summed E-state index contributed by atoms with van der Waals surface area (Å²) in [4.78, 5) is 13.6. The third kappa shape index (κ3) is 3.47. The summed E-state index contributed by atoms with van der Waals surface area (Å²) in [6, 6.07) is 6.49. The molecule has 118 valence electrons. The fourth-order valence-corrected chi connectivity index (χ4v) is 3.05. The van der Waals surface area contributed by atoms with E-state index in [2.05, 4.69) is 32.9 Å². The van der Waals surface area contributed by atoms with Gasteiger partial charge in [0.1, 0.15) is 11.5 Å². The number of hydrogen-bond acceptors (Lipinski definition) is 5. The van der Waals surface area contributed by atoms with Crippen LogP contribution in [0.4, 0.5) is 5.95 Å². The molecule has 2 aromatic rings. The Morgan fingerprint density at radius 3 is 2.91 bits per heavy atom. The van der Waals surface area contributed by atoms with Crippen LogP contribution in [0.15, 0.2) is 28.8 Å². The molecule has 0 amide bonds. The molecule has 1 saturated heterocycles. The Labute approximate surface area is 132 Å². The van der Waals surface area contributed by atoms with Crippen molar-refractivity contribution >= 4 is 5.95 Å². The third-order valence-corrected chi connectivity index (χ3v) is 4.30. The molecule has 1 fully saturated rings. The van der Waals surface area contributed by atoms with Gasteiger partial charge in [-0.05, 0) is 51.4 Å². The van der Waals surface area contributed by atoms with Gasteiger partial charge in [-0.25, -0.2) is 9.97 Å². The first kappa shape index (κ1) is 15.0. The number of furan rings is 1. The smallest absolute Gasteiger partial charge is 0.225 e. The summed E-state index contributed by atoms with van der Waals surface area (Å²) in [7, 11) is 2.10. The minimum Gasteiger partial charge on any atom is -0.465 e. The fraction of sp³-hybridized carbons (Fsp3) is 0.529. The maximum absolute atomic E-state index is 5.70. The van der Waals surface area contributed by atoms with E-state index in [4.69, 9.17) is 4.42 Å². The Morgan fingerprint density at radius 1 is 1.32 bits per heavy atom. The maximum atomic E-state index is 5.70. The summed E-state index contributed by atoms with van der Waals surface area (Å²) in [5, 5.41) is 0. The van der Waals surface area contributed by atoms with Gasteiger partial charge in [0.2, 0.25) is 5.95 Å². The summed E-state index contributed by atoms with van der Waals surface area (Å²) in [6.07, 6.45) is 4.21. The van der Waals surface area contributed by atoms with Crippen molar-refractivity contribution in [2.24, 2.45) is 0 Å². The highest BCUT2D eigenvalue weighted by atomic mass is 16.3. The van der Waals surface area contributed by atoms with E-state index in [1.165, 1.54) is 12.8 Å². The zero-order valence-electron chi connectivity index (χ0n) is 13.6. The van der Waals surface area contributed by atoms with Gasteiger partial charge in [0.15, 0.2) is 0 Å². The van der Waals surface area contributed by atoms with Gasteiger partial charge >= 0.3 is 0 Å². The molecule has 1 atom stereocenters. The summed E-state index contributed by atoms with van der Waals surface area (Å²) in [5.74, 6) is 2.85. The highest BCUT2D eigenvalue weighted by Gasteiger charge is 2.25. The highest BCUT2D eigenvalue weighted by molar-refractivity contribution is 5.30. The zero-order chi connectivity index (χ0) is 15.5. The van der Waals surface area contributed by atoms with Crippen molar-refractivity contribution in [1.29, 1.82) is 0 Å². The molecule has 22 heavy (non-hydrogen) atoms. The van der Waals surface area contributed by atoms with Crippen LogP contribution in [-0.2, 0) is 6.54 Å². The SMILES string of the molecule is Cc1ccnc(N(C)C2CCCN(Cc3ccc(C)o3)C2)n1. The number of likely N-dealkylation sites (N-methyl/N-ethyl adjacent to an activating group) is 1. The van der Waals surface area contributed by atoms with E-state index in [1.54, 1.807) is 0 Å². The van der Waals surface area contributed by atoms with E-state index in [1.807, 2.05) is 32.2 Å². The standard InChI is InChI=1S/C17H24N4O/c1-13-8-9-18-17(19-13)20(3)15-5-4-10-21(11-15)12-16-7-6-14(2)22-16/h6-9,15H,4-5,10-12H2,1-3H3. The molecule has 5 nitrogen and oxygen atoms in total. The molecule has 3 heterocycles. The summed E-state index contributed by atoms with van der Waals surface area (Å²) < 4.78 is 5.70. The second-order valence-electron chi connectivity index (χ2n) is 6.15. The number of anilines is 1. The second kappa shape index (κ2) is 6.48. The summed E-state index contributed by atoms with van der Waals surface area (Å²) in [6.45, 7) is 7.02. The Morgan fingerprint density at radius 2 is 2.18 bits per heavy atom. The summed E-state index contributed by atoms with van der Waals surface area (Å²) >= 11 is 0. The normalized spacial score (nSPS) is 19.3. The van der Waals surface area contributed by atoms with E-state index in [9.17, 15) is 0 Å². The average molecular weight is 300 g/mol. The van der Waals surface area contributed by atoms with E-state index in [-0.39, 0.29) is 0 Å². The van der Waals surface area contributed by atoms with Crippen molar-refractivity contribution in [3.63, 3.8) is 0 Å². The van der Waals surface area contributed by atoms with Gasteiger partial charge in [0.05, 0.1) is 6.54 Å². The molecular weight excluding hydrogens is 276 g/mol. The summed E-state index contributed by atoms with van der Waals surface area (Å²) in [5.41, 5.74) is 1.01. The minimum absolute atomic E-state index is 0.451. The quantitative estimate of drug-likeness (QED) is 0.869. The van der Waals surface area contributed by atoms with Crippen molar-refractivity contribution in [1.82, 2.24) is 14.9 Å². The first-order valence-electron chi connectivity index (χ1n) is 7.92. The van der Waals surface area contributed by atoms with Gasteiger partial charge in [-0.2, -0.15) is 0 Å². The van der Waals surface area contributed by atoms with Crippen LogP contribution in [0.3, 0.4) is 0 Å². The number of aromatic nitrogens is 2. The van der Waals surface area contributed by atoms with Crippen molar-refractivity contribution in [3.8, 4) is 0 Å². The van der Waals surface area contributed by atoms with Gasteiger partial charge in [-0.15, -0.1) is 0 Å². The fourth-order valence-electron chi connectivity index (χ4n) is 3.05. The van der Waals surface area contributed by atoms with E-state index < -0.39 is 0 Å². The molecule has 3 rings (SSSR count). The molecule has 0 N–H and O–H groups in total. The first-order valence-corrected chi connectivity index (χ1v) is 7.92. The molecule has 1 aliphatic rings. The lowest BCUT2D eigenvalue weighted by Gasteiger charge is -2.37. The largest absolute Gasteiger partial charge is 0.465 e. The van der Waals surface area contributed by atoms with Gasteiger partial charge in [0, 0.05) is 31.5 Å². The molecule has 0 bridgehead atoms. The van der Waals surface area contributed by atoms with E-state index in [0.29, 0.717) is 6.04 Å². The lowest BCUT2D eigenvalue weighted by molar-refractivity contribution is 0.184. The number of likely N-dealkylation sites (tertiary alicyclic amines) is 1. The Kier molecular flexibility index (Phi) is 4.43. The topological polar surface area (TPSA) is 45.4 Å². The van der Waals surface area contributed by atoms with Crippen LogP contribution in [0, 0.1) is 13.8 Å². The number of piperidine rings is 1. The van der Waals surface area contributed by atoms with E-state index >= 15 is 0 Å². The number of hydrogen-bond donors (Lipinski definition) is 0. The zero-order valence-corrected chi connectivity index (χ0v) is 13.6. The first-order chi connectivity index (χ1) is 10.6. The van der Waals surface area contributed by atoms with Gasteiger partial charge in [-0.1, -0.05) is 0 Å². The van der Waals surface area contributed by atoms with Gasteiger partial charge in [-0.3, -0.25) is 4.90 Å². The molecule has 5 heteroatoms. The maximum Gasteiger partial charge on any atom is 0.225 e. The molecule has 0 aliphatic carbocycles. The lowest BCUT2D eigenvalue weighted by atomic mass is 10.0. The third-order valence-electron chi connectivity index (χ3n) is 4.30. The predicted octanol–water partition coefficient (Wildman–Crippen LogP) is 2.79. The molecule has 0 aromatic carbocycles. The highest BCUT2D eigenvalue weighted by Crippen LogP contribution is 2.20. The Bertz CT molecular complexity index is 625. The van der Waals surface area contributed by atoms with Gasteiger partial charge < -0.3 is 9.32 Å². The van der Waals surface area contributed by atoms with Gasteiger partial charge in [0.25, 0.3) is 0 Å². The molecule has 2 aromatic heterocycles. The number of rotatable bonds is 4. The van der Waals surface area contributed by atoms with Crippen molar-refractivity contribution in [3.05, 3.63) is 41.6 Å². The van der Waals surface area contributed by atoms with E-state index in [0.717, 1.165) is 42.8 Å². The molecule has 0 spiro atoms. The minimum atomic E-state index is 0.451.